The van der Waals surface area contributed by atoms with E-state index >= 15 is 0 Å². The molecule has 92 valence electrons. The van der Waals surface area contributed by atoms with Gasteiger partial charge in [0.1, 0.15) is 3.57 Å². The van der Waals surface area contributed by atoms with Crippen molar-refractivity contribution in [3.8, 4) is 0 Å². The number of benzene rings is 1. The highest BCUT2D eigenvalue weighted by atomic mass is 127. The molecule has 0 fully saturated rings. The molecule has 2 amide bonds. The number of carbonyl (C=O) groups is 2. The van der Waals surface area contributed by atoms with Crippen LogP contribution in [0.25, 0.3) is 0 Å². The zero-order chi connectivity index (χ0) is 13.2. The minimum atomic E-state index is -3.84. The van der Waals surface area contributed by atoms with Crippen molar-refractivity contribution in [2.75, 3.05) is 0 Å². The van der Waals surface area contributed by atoms with Crippen molar-refractivity contribution in [3.63, 3.8) is 0 Å². The third-order valence-electron chi connectivity index (χ3n) is 1.68. The summed E-state index contributed by atoms with van der Waals surface area (Å²) in [5.74, 6) is -1.28. The Morgan fingerprint density at radius 2 is 1.82 bits per heavy atom. The van der Waals surface area contributed by atoms with Gasteiger partial charge in [-0.2, -0.15) is 0 Å². The largest absolute Gasteiger partial charge is 0.342 e. The number of imide groups is 1. The van der Waals surface area contributed by atoms with Crippen molar-refractivity contribution < 1.29 is 15.7 Å². The lowest BCUT2D eigenvalue weighted by Crippen LogP contribution is -2.28. The van der Waals surface area contributed by atoms with Gasteiger partial charge in [0.05, 0.1) is 5.56 Å². The van der Waals surface area contributed by atoms with Crippen LogP contribution in [0.4, 0.5) is 0 Å². The van der Waals surface area contributed by atoms with Crippen molar-refractivity contribution >= 4 is 63.5 Å². The zero-order valence-corrected chi connectivity index (χ0v) is 13.8. The molecule has 0 unspecified atom stereocenters. The maximum Gasteiger partial charge on any atom is 0.342 e. The molecule has 5 nitrogen and oxygen atoms in total. The van der Waals surface area contributed by atoms with Gasteiger partial charge in [0.25, 0.3) is 5.91 Å². The van der Waals surface area contributed by atoms with Gasteiger partial charge in [-0.05, 0) is 28.1 Å². The molecule has 0 atom stereocenters. The monoisotopic (exact) mass is 477 g/mol. The van der Waals surface area contributed by atoms with Gasteiger partial charge in [-0.3, -0.25) is 14.9 Å². The average molecular weight is 479 g/mol. The molecule has 0 saturated heterocycles. The molecule has 8 heteroatoms. The first-order valence-electron chi connectivity index (χ1n) is 4.19. The Balaban J connectivity index is 3.40. The van der Waals surface area contributed by atoms with Gasteiger partial charge in [-0.1, -0.05) is 15.9 Å². The highest BCUT2D eigenvalue weighted by Gasteiger charge is 2.19. The second-order valence-corrected chi connectivity index (χ2v) is 7.07. The van der Waals surface area contributed by atoms with Crippen LogP contribution in [0.2, 0.25) is 0 Å². The fourth-order valence-corrected chi connectivity index (χ4v) is 4.60. The summed E-state index contributed by atoms with van der Waals surface area (Å²) < 4.78 is 23.1. The molecule has 1 rings (SSSR count). The van der Waals surface area contributed by atoms with Gasteiger partial charge < -0.3 is 0 Å². The minimum Gasteiger partial charge on any atom is -0.293 e. The minimum absolute atomic E-state index is 0.0448. The SMILES string of the molecule is CC(=O)NC(=O)c1cc(Br)cc(Br)c1I(=O)=O. The summed E-state index contributed by atoms with van der Waals surface area (Å²) in [5.41, 5.74) is -0.0448. The fourth-order valence-electron chi connectivity index (χ4n) is 1.11. The number of rotatable bonds is 2. The van der Waals surface area contributed by atoms with Crippen LogP contribution in [0, 0.1) is 3.57 Å². The molecule has 0 radical (unpaired) electrons. The van der Waals surface area contributed by atoms with Crippen molar-refractivity contribution in [2.45, 2.75) is 6.92 Å². The van der Waals surface area contributed by atoms with E-state index in [-0.39, 0.29) is 9.13 Å². The zero-order valence-electron chi connectivity index (χ0n) is 8.42. The average Bonchev–Trinajstić information content (AvgIpc) is 2.14. The maximum absolute atomic E-state index is 11.7. The Hall–Kier alpha value is -0.350. The summed E-state index contributed by atoms with van der Waals surface area (Å²) in [5, 5.41) is 2.04. The third kappa shape index (κ3) is 3.81. The van der Waals surface area contributed by atoms with Crippen molar-refractivity contribution in [1.29, 1.82) is 0 Å². The molecule has 0 aliphatic heterocycles. The van der Waals surface area contributed by atoms with Gasteiger partial charge in [0.2, 0.25) is 5.91 Å². The summed E-state index contributed by atoms with van der Waals surface area (Å²) in [6.07, 6.45) is 0. The lowest BCUT2D eigenvalue weighted by atomic mass is 10.2. The van der Waals surface area contributed by atoms with Crippen LogP contribution in [0.1, 0.15) is 17.3 Å². The van der Waals surface area contributed by atoms with Crippen molar-refractivity contribution in [1.82, 2.24) is 5.32 Å². The van der Waals surface area contributed by atoms with Crippen molar-refractivity contribution in [3.05, 3.63) is 30.2 Å². The van der Waals surface area contributed by atoms with Crippen LogP contribution in [0.15, 0.2) is 21.1 Å². The van der Waals surface area contributed by atoms with E-state index in [0.29, 0.717) is 8.95 Å². The molecule has 0 spiro atoms. The van der Waals surface area contributed by atoms with Gasteiger partial charge in [-0.15, -0.1) is 0 Å². The van der Waals surface area contributed by atoms with Crippen LogP contribution < -0.4 is 5.32 Å². The normalized spacial score (nSPS) is 10.4. The second-order valence-electron chi connectivity index (χ2n) is 2.98. The Morgan fingerprint density at radius 1 is 1.24 bits per heavy atom. The molecule has 0 bridgehead atoms. The molecule has 0 aliphatic rings. The smallest absolute Gasteiger partial charge is 0.293 e. The molecule has 0 heterocycles. The number of hydrogen-bond donors (Lipinski definition) is 1. The van der Waals surface area contributed by atoms with E-state index in [1.54, 1.807) is 0 Å². The molecule has 1 N–H and O–H groups in total. The van der Waals surface area contributed by atoms with Gasteiger partial charge in [0.15, 0.2) is 0 Å². The van der Waals surface area contributed by atoms with Crippen LogP contribution in [-0.2, 0) is 10.9 Å². The molecular formula is C9H6Br2INO4. The van der Waals surface area contributed by atoms with Crippen LogP contribution >= 0.6 is 51.7 Å². The maximum atomic E-state index is 11.7. The summed E-state index contributed by atoms with van der Waals surface area (Å²) >= 11 is 2.38. The number of nitrogens with one attached hydrogen (secondary N) is 1. The molecule has 17 heavy (non-hydrogen) atoms. The Kier molecular flexibility index (Phi) is 5.20. The Labute approximate surface area is 121 Å². The fraction of sp³-hybridized carbons (Fsp3) is 0.111. The predicted molar refractivity (Wildman–Crippen MR) is 74.1 cm³/mol. The lowest BCUT2D eigenvalue weighted by Gasteiger charge is -2.06. The van der Waals surface area contributed by atoms with E-state index in [0.717, 1.165) is 0 Å². The van der Waals surface area contributed by atoms with Crippen LogP contribution in [0.5, 0.6) is 0 Å². The van der Waals surface area contributed by atoms with Gasteiger partial charge in [0, 0.05) is 15.9 Å². The first kappa shape index (κ1) is 14.7. The summed E-state index contributed by atoms with van der Waals surface area (Å²) in [4.78, 5) is 22.4. The van der Waals surface area contributed by atoms with E-state index in [1.165, 1.54) is 19.1 Å². The van der Waals surface area contributed by atoms with Gasteiger partial charge >= 0.3 is 19.8 Å². The number of carbonyl (C=O) groups excluding carboxylic acids is 2. The first-order chi connectivity index (χ1) is 7.82. The molecule has 1 aromatic rings. The quantitative estimate of drug-likeness (QED) is 0.523. The molecule has 0 aromatic heterocycles. The molecular weight excluding hydrogens is 473 g/mol. The Bertz CT molecular complexity index is 560. The topological polar surface area (TPSA) is 80.3 Å². The summed E-state index contributed by atoms with van der Waals surface area (Å²) in [6, 6.07) is 2.89. The van der Waals surface area contributed by atoms with E-state index < -0.39 is 31.6 Å². The second kappa shape index (κ2) is 6.01. The lowest BCUT2D eigenvalue weighted by molar-refractivity contribution is -0.118. The van der Waals surface area contributed by atoms with Crippen LogP contribution in [0.3, 0.4) is 0 Å². The summed E-state index contributed by atoms with van der Waals surface area (Å²) in [6.45, 7) is 1.18. The van der Waals surface area contributed by atoms with Crippen molar-refractivity contribution in [2.24, 2.45) is 0 Å². The van der Waals surface area contributed by atoms with Crippen LogP contribution in [-0.4, -0.2) is 11.8 Å². The first-order valence-corrected chi connectivity index (χ1v) is 8.61. The number of halogens is 3. The highest BCUT2D eigenvalue weighted by molar-refractivity contribution is 14.2. The van der Waals surface area contributed by atoms with Gasteiger partial charge in [-0.25, -0.2) is 6.14 Å². The van der Waals surface area contributed by atoms with E-state index in [4.69, 9.17) is 0 Å². The number of hydrogen-bond acceptors (Lipinski definition) is 4. The highest BCUT2D eigenvalue weighted by Crippen LogP contribution is 2.32. The predicted octanol–water partition coefficient (Wildman–Crippen LogP) is 2.85. The molecule has 0 saturated carbocycles. The standard InChI is InChI=1S/C9H6Br2INO4/c1-4(14)13-9(15)6-2-5(10)3-7(11)8(6)12(16)17/h2-3H,1H3,(H,13,14,15). The molecule has 1 aromatic carbocycles. The third-order valence-corrected chi connectivity index (χ3v) is 5.55. The van der Waals surface area contributed by atoms with E-state index in [1.807, 2.05) is 5.32 Å². The number of amides is 2. The van der Waals surface area contributed by atoms with E-state index in [9.17, 15) is 15.7 Å². The Morgan fingerprint density at radius 3 is 2.29 bits per heavy atom. The van der Waals surface area contributed by atoms with E-state index in [2.05, 4.69) is 31.9 Å². The summed E-state index contributed by atoms with van der Waals surface area (Å²) in [7, 11) is 0. The molecule has 0 aliphatic carbocycles.